The summed E-state index contributed by atoms with van der Waals surface area (Å²) in [6.07, 6.45) is 0.597. The van der Waals surface area contributed by atoms with Gasteiger partial charge < -0.3 is 4.74 Å². The summed E-state index contributed by atoms with van der Waals surface area (Å²) in [6, 6.07) is 11.6. The van der Waals surface area contributed by atoms with Gasteiger partial charge >= 0.3 is 0 Å². The molecule has 0 saturated carbocycles. The normalized spacial score (nSPS) is 17.2. The van der Waals surface area contributed by atoms with Gasteiger partial charge in [-0.2, -0.15) is 0 Å². The minimum absolute atomic E-state index is 0.0222. The molecule has 0 spiro atoms. The zero-order valence-corrected chi connectivity index (χ0v) is 11.4. The van der Waals surface area contributed by atoms with Gasteiger partial charge in [-0.1, -0.05) is 29.8 Å². The SMILES string of the molecule is O=C(c1ccc(Cl)c(F)c1)C1CCOc2ccccc21. The number of ketones is 1. The van der Waals surface area contributed by atoms with Crippen molar-refractivity contribution in [1.29, 1.82) is 0 Å². The van der Waals surface area contributed by atoms with Gasteiger partial charge in [0.1, 0.15) is 11.6 Å². The van der Waals surface area contributed by atoms with Crippen LogP contribution in [0.4, 0.5) is 4.39 Å². The second-order valence-corrected chi connectivity index (χ2v) is 5.13. The predicted octanol–water partition coefficient (Wildman–Crippen LogP) is 4.23. The average Bonchev–Trinajstić information content (AvgIpc) is 2.49. The van der Waals surface area contributed by atoms with E-state index in [1.165, 1.54) is 12.1 Å². The molecular formula is C16H12ClFO2. The third-order valence-electron chi connectivity index (χ3n) is 3.48. The van der Waals surface area contributed by atoms with E-state index in [0.29, 0.717) is 18.6 Å². The maximum atomic E-state index is 13.5. The third-order valence-corrected chi connectivity index (χ3v) is 3.79. The lowest BCUT2D eigenvalue weighted by Gasteiger charge is -2.24. The number of hydrogen-bond acceptors (Lipinski definition) is 2. The van der Waals surface area contributed by atoms with Crippen LogP contribution in [-0.2, 0) is 0 Å². The van der Waals surface area contributed by atoms with E-state index in [2.05, 4.69) is 0 Å². The Bertz CT molecular complexity index is 669. The minimum atomic E-state index is -0.571. The second-order valence-electron chi connectivity index (χ2n) is 4.72. The minimum Gasteiger partial charge on any atom is -0.493 e. The largest absolute Gasteiger partial charge is 0.493 e. The van der Waals surface area contributed by atoms with E-state index in [1.807, 2.05) is 24.3 Å². The maximum absolute atomic E-state index is 13.5. The van der Waals surface area contributed by atoms with Gasteiger partial charge in [0.05, 0.1) is 17.5 Å². The lowest BCUT2D eigenvalue weighted by Crippen LogP contribution is -2.21. The number of carbonyl (C=O) groups is 1. The van der Waals surface area contributed by atoms with Crippen molar-refractivity contribution in [3.63, 3.8) is 0 Å². The van der Waals surface area contributed by atoms with Crippen molar-refractivity contribution < 1.29 is 13.9 Å². The number of para-hydroxylation sites is 1. The molecule has 1 aliphatic rings. The van der Waals surface area contributed by atoms with Crippen molar-refractivity contribution in [1.82, 2.24) is 0 Å². The fourth-order valence-electron chi connectivity index (χ4n) is 2.47. The summed E-state index contributed by atoms with van der Waals surface area (Å²) < 4.78 is 19.0. The molecule has 2 aromatic rings. The van der Waals surface area contributed by atoms with Gasteiger partial charge in [0.2, 0.25) is 0 Å². The average molecular weight is 291 g/mol. The smallest absolute Gasteiger partial charge is 0.170 e. The van der Waals surface area contributed by atoms with E-state index in [9.17, 15) is 9.18 Å². The van der Waals surface area contributed by atoms with Gasteiger partial charge in [0.25, 0.3) is 0 Å². The Kier molecular flexibility index (Phi) is 3.45. The Balaban J connectivity index is 1.97. The molecule has 1 unspecified atom stereocenters. The van der Waals surface area contributed by atoms with Gasteiger partial charge in [-0.3, -0.25) is 4.79 Å². The van der Waals surface area contributed by atoms with Crippen molar-refractivity contribution >= 4 is 17.4 Å². The summed E-state index contributed by atoms with van der Waals surface area (Å²) in [7, 11) is 0. The molecule has 0 saturated heterocycles. The highest BCUT2D eigenvalue weighted by atomic mass is 35.5. The van der Waals surface area contributed by atoms with Crippen molar-refractivity contribution in [2.75, 3.05) is 6.61 Å². The molecule has 4 heteroatoms. The third kappa shape index (κ3) is 2.29. The van der Waals surface area contributed by atoms with E-state index < -0.39 is 5.82 Å². The Hall–Kier alpha value is -1.87. The number of halogens is 2. The van der Waals surface area contributed by atoms with Gasteiger partial charge in [0, 0.05) is 11.1 Å². The Morgan fingerprint density at radius 2 is 2.05 bits per heavy atom. The summed E-state index contributed by atoms with van der Waals surface area (Å²) in [5.41, 5.74) is 1.20. The maximum Gasteiger partial charge on any atom is 0.170 e. The van der Waals surface area contributed by atoms with Crippen LogP contribution >= 0.6 is 11.6 Å². The molecule has 20 heavy (non-hydrogen) atoms. The fourth-order valence-corrected chi connectivity index (χ4v) is 2.58. The summed E-state index contributed by atoms with van der Waals surface area (Å²) in [6.45, 7) is 0.490. The Morgan fingerprint density at radius 1 is 1.25 bits per heavy atom. The van der Waals surface area contributed by atoms with Gasteiger partial charge in [-0.15, -0.1) is 0 Å². The van der Waals surface area contributed by atoms with E-state index in [4.69, 9.17) is 16.3 Å². The van der Waals surface area contributed by atoms with Crippen LogP contribution in [0.1, 0.15) is 28.3 Å². The van der Waals surface area contributed by atoms with Crippen LogP contribution in [0.5, 0.6) is 5.75 Å². The van der Waals surface area contributed by atoms with E-state index in [0.717, 1.165) is 11.3 Å². The first-order chi connectivity index (χ1) is 9.66. The number of hydrogen-bond donors (Lipinski definition) is 0. The lowest BCUT2D eigenvalue weighted by atomic mass is 9.86. The predicted molar refractivity (Wildman–Crippen MR) is 75.0 cm³/mol. The van der Waals surface area contributed by atoms with E-state index in [1.54, 1.807) is 6.07 Å². The van der Waals surface area contributed by atoms with Crippen LogP contribution in [0.3, 0.4) is 0 Å². The number of ether oxygens (including phenoxy) is 1. The molecule has 0 N–H and O–H groups in total. The zero-order chi connectivity index (χ0) is 14.1. The van der Waals surface area contributed by atoms with E-state index in [-0.39, 0.29) is 16.7 Å². The highest BCUT2D eigenvalue weighted by molar-refractivity contribution is 6.30. The Morgan fingerprint density at radius 3 is 2.85 bits per heavy atom. The Labute approximate surface area is 121 Å². The molecule has 0 bridgehead atoms. The van der Waals surface area contributed by atoms with Crippen molar-refractivity contribution in [3.05, 3.63) is 64.4 Å². The van der Waals surface area contributed by atoms with E-state index >= 15 is 0 Å². The number of benzene rings is 2. The first-order valence-electron chi connectivity index (χ1n) is 6.38. The second kappa shape index (κ2) is 5.25. The monoisotopic (exact) mass is 290 g/mol. The van der Waals surface area contributed by atoms with Crippen LogP contribution < -0.4 is 4.74 Å². The molecule has 102 valence electrons. The van der Waals surface area contributed by atoms with Crippen molar-refractivity contribution in [2.24, 2.45) is 0 Å². The standard InChI is InChI=1S/C16H12ClFO2/c17-13-6-5-10(9-14(13)18)16(19)12-7-8-20-15-4-2-1-3-11(12)15/h1-6,9,12H,7-8H2. The molecule has 1 aliphatic heterocycles. The molecule has 3 rings (SSSR count). The molecule has 0 radical (unpaired) electrons. The van der Waals surface area contributed by atoms with Gasteiger partial charge in [0.15, 0.2) is 5.78 Å². The number of Topliss-reactive ketones (excluding diaryl/α,β-unsaturated/α-hetero) is 1. The molecule has 2 aromatic carbocycles. The quantitative estimate of drug-likeness (QED) is 0.774. The molecule has 1 heterocycles. The highest BCUT2D eigenvalue weighted by Crippen LogP contribution is 2.35. The topological polar surface area (TPSA) is 26.3 Å². The molecule has 0 aliphatic carbocycles. The molecule has 0 aromatic heterocycles. The van der Waals surface area contributed by atoms with Gasteiger partial charge in [-0.25, -0.2) is 4.39 Å². The van der Waals surface area contributed by atoms with Crippen LogP contribution in [0, 0.1) is 5.82 Å². The zero-order valence-electron chi connectivity index (χ0n) is 10.6. The molecule has 0 fully saturated rings. The molecule has 0 amide bonds. The first kappa shape index (κ1) is 13.1. The molecule has 1 atom stereocenters. The van der Waals surface area contributed by atoms with Crippen molar-refractivity contribution in [2.45, 2.75) is 12.3 Å². The summed E-state index contributed by atoms with van der Waals surface area (Å²) in [5, 5.41) is 0.0222. The summed E-state index contributed by atoms with van der Waals surface area (Å²) >= 11 is 5.65. The van der Waals surface area contributed by atoms with Crippen LogP contribution in [-0.4, -0.2) is 12.4 Å². The highest BCUT2D eigenvalue weighted by Gasteiger charge is 2.28. The number of fused-ring (bicyclic) bond motifs is 1. The lowest BCUT2D eigenvalue weighted by molar-refractivity contribution is 0.0932. The summed E-state index contributed by atoms with van der Waals surface area (Å²) in [5.74, 6) is -0.235. The van der Waals surface area contributed by atoms with Crippen LogP contribution in [0.15, 0.2) is 42.5 Å². The number of rotatable bonds is 2. The first-order valence-corrected chi connectivity index (χ1v) is 6.75. The number of carbonyl (C=O) groups excluding carboxylic acids is 1. The fraction of sp³-hybridized carbons (Fsp3) is 0.188. The molecule has 2 nitrogen and oxygen atoms in total. The van der Waals surface area contributed by atoms with Crippen molar-refractivity contribution in [3.8, 4) is 5.75 Å². The van der Waals surface area contributed by atoms with Gasteiger partial charge in [-0.05, 0) is 30.7 Å². The summed E-state index contributed by atoms with van der Waals surface area (Å²) in [4.78, 5) is 12.6. The van der Waals surface area contributed by atoms with Crippen LogP contribution in [0.2, 0.25) is 5.02 Å². The van der Waals surface area contributed by atoms with Crippen LogP contribution in [0.25, 0.3) is 0 Å². The molecular weight excluding hydrogens is 279 g/mol.